The normalized spacial score (nSPS) is 10.1. The summed E-state index contributed by atoms with van der Waals surface area (Å²) in [7, 11) is 0. The molecule has 0 amide bonds. The zero-order valence-corrected chi connectivity index (χ0v) is 9.41. The van der Waals surface area contributed by atoms with E-state index >= 15 is 0 Å². The maximum absolute atomic E-state index is 5.51. The minimum absolute atomic E-state index is 0.311. The second-order valence-electron chi connectivity index (χ2n) is 3.24. The lowest BCUT2D eigenvalue weighted by Crippen LogP contribution is -2.09. The summed E-state index contributed by atoms with van der Waals surface area (Å²) in [6.45, 7) is 1.89. The monoisotopic (exact) mass is 234 g/mol. The molecule has 5 nitrogen and oxygen atoms in total. The molecule has 0 radical (unpaired) electrons. The molecule has 0 saturated carbocycles. The molecule has 0 unspecified atom stereocenters. The highest BCUT2D eigenvalue weighted by Gasteiger charge is 2.04. The van der Waals surface area contributed by atoms with Crippen LogP contribution in [0.2, 0.25) is 0 Å². The Morgan fingerprint density at radius 2 is 2.25 bits per heavy atom. The number of aromatic nitrogens is 3. The Hall–Kier alpha value is -1.95. The number of aryl methyl sites for hydroxylation is 1. The molecule has 0 aliphatic carbocycles. The molecule has 2 rings (SSSR count). The van der Waals surface area contributed by atoms with E-state index in [-0.39, 0.29) is 0 Å². The van der Waals surface area contributed by atoms with Gasteiger partial charge in [-0.25, -0.2) is 4.98 Å². The second kappa shape index (κ2) is 4.28. The molecule has 2 heterocycles. The molecule has 6 heteroatoms. The van der Waals surface area contributed by atoms with Crippen molar-refractivity contribution >= 4 is 17.2 Å². The topological polar surface area (TPSA) is 76.8 Å². The van der Waals surface area contributed by atoms with E-state index in [0.29, 0.717) is 22.3 Å². The molecule has 0 atom stereocenters. The van der Waals surface area contributed by atoms with Crippen LogP contribution in [0.1, 0.15) is 11.3 Å². The number of nitrogens with two attached hydrogens (primary N) is 1. The van der Waals surface area contributed by atoms with E-state index in [9.17, 15) is 0 Å². The fourth-order valence-corrected chi connectivity index (χ4v) is 1.30. The smallest absolute Gasteiger partial charge is 0.240 e. The van der Waals surface area contributed by atoms with Crippen LogP contribution in [0.4, 0.5) is 0 Å². The number of aromatic amines is 1. The standard InChI is InChI=1S/C10H10N4OS/c1-6-4-9(14-13-6)15-8-5-7(10(11)16)2-3-12-8/h2-5H,1H3,(H2,11,16)(H,13,14). The minimum atomic E-state index is 0.311. The van der Waals surface area contributed by atoms with Crippen molar-refractivity contribution in [1.29, 1.82) is 0 Å². The van der Waals surface area contributed by atoms with E-state index in [1.165, 1.54) is 0 Å². The highest BCUT2D eigenvalue weighted by atomic mass is 32.1. The summed E-state index contributed by atoms with van der Waals surface area (Å²) in [6.07, 6.45) is 1.59. The van der Waals surface area contributed by atoms with E-state index in [1.807, 2.05) is 6.92 Å². The Morgan fingerprint density at radius 3 is 2.88 bits per heavy atom. The third-order valence-electron chi connectivity index (χ3n) is 1.91. The average molecular weight is 234 g/mol. The highest BCUT2D eigenvalue weighted by Crippen LogP contribution is 2.18. The van der Waals surface area contributed by atoms with E-state index < -0.39 is 0 Å². The number of nitrogens with zero attached hydrogens (tertiary/aromatic N) is 2. The van der Waals surface area contributed by atoms with E-state index in [0.717, 1.165) is 5.69 Å². The first-order valence-corrected chi connectivity index (χ1v) is 5.02. The van der Waals surface area contributed by atoms with Crippen LogP contribution < -0.4 is 10.5 Å². The van der Waals surface area contributed by atoms with Crippen molar-refractivity contribution in [2.45, 2.75) is 6.92 Å². The van der Waals surface area contributed by atoms with E-state index in [1.54, 1.807) is 24.4 Å². The number of hydrogen-bond acceptors (Lipinski definition) is 4. The predicted molar refractivity (Wildman–Crippen MR) is 63.5 cm³/mol. The molecule has 0 fully saturated rings. The van der Waals surface area contributed by atoms with Crippen molar-refractivity contribution in [3.05, 3.63) is 35.7 Å². The molecule has 0 saturated heterocycles. The van der Waals surface area contributed by atoms with Crippen molar-refractivity contribution in [1.82, 2.24) is 15.2 Å². The van der Waals surface area contributed by atoms with Crippen LogP contribution >= 0.6 is 12.2 Å². The van der Waals surface area contributed by atoms with Crippen LogP contribution in [0.5, 0.6) is 11.8 Å². The van der Waals surface area contributed by atoms with Gasteiger partial charge in [0.2, 0.25) is 11.8 Å². The summed E-state index contributed by atoms with van der Waals surface area (Å²) >= 11 is 4.86. The van der Waals surface area contributed by atoms with Crippen molar-refractivity contribution in [2.75, 3.05) is 0 Å². The lowest BCUT2D eigenvalue weighted by Gasteiger charge is -2.02. The van der Waals surface area contributed by atoms with Crippen LogP contribution in [-0.4, -0.2) is 20.2 Å². The molecule has 0 spiro atoms. The maximum Gasteiger partial charge on any atom is 0.240 e. The average Bonchev–Trinajstić information content (AvgIpc) is 2.64. The summed E-state index contributed by atoms with van der Waals surface area (Å²) in [6, 6.07) is 5.17. The Balaban J connectivity index is 2.21. The van der Waals surface area contributed by atoms with E-state index in [4.69, 9.17) is 22.7 Å². The molecule has 82 valence electrons. The Labute approximate surface area is 97.6 Å². The largest absolute Gasteiger partial charge is 0.419 e. The molecule has 2 aromatic heterocycles. The SMILES string of the molecule is Cc1cc(Oc2cc(C(N)=S)ccn2)n[nH]1. The Morgan fingerprint density at radius 1 is 1.44 bits per heavy atom. The fourth-order valence-electron chi connectivity index (χ4n) is 1.17. The fraction of sp³-hybridized carbons (Fsp3) is 0.100. The second-order valence-corrected chi connectivity index (χ2v) is 3.68. The van der Waals surface area contributed by atoms with Gasteiger partial charge in [0.05, 0.1) is 0 Å². The maximum atomic E-state index is 5.51. The van der Waals surface area contributed by atoms with Crippen molar-refractivity contribution in [3.8, 4) is 11.8 Å². The third-order valence-corrected chi connectivity index (χ3v) is 2.15. The number of hydrogen-bond donors (Lipinski definition) is 2. The first-order valence-electron chi connectivity index (χ1n) is 4.61. The third kappa shape index (κ3) is 2.34. The summed E-state index contributed by atoms with van der Waals surface area (Å²) in [5.41, 5.74) is 7.14. The summed E-state index contributed by atoms with van der Waals surface area (Å²) in [5, 5.41) is 6.71. The Kier molecular flexibility index (Phi) is 2.82. The van der Waals surface area contributed by atoms with Gasteiger partial charge in [-0.3, -0.25) is 5.10 Å². The van der Waals surface area contributed by atoms with Crippen LogP contribution in [0.25, 0.3) is 0 Å². The zero-order chi connectivity index (χ0) is 11.5. The van der Waals surface area contributed by atoms with Crippen LogP contribution in [0, 0.1) is 6.92 Å². The number of H-pyrrole nitrogens is 1. The number of nitrogens with one attached hydrogen (secondary N) is 1. The molecule has 0 aliphatic rings. The number of rotatable bonds is 3. The van der Waals surface area contributed by atoms with Gasteiger partial charge in [-0.1, -0.05) is 12.2 Å². The predicted octanol–water partition coefficient (Wildman–Crippen LogP) is 1.54. The first kappa shape index (κ1) is 10.6. The molecule has 0 aliphatic heterocycles. The van der Waals surface area contributed by atoms with Crippen LogP contribution in [0.3, 0.4) is 0 Å². The van der Waals surface area contributed by atoms with Gasteiger partial charge in [-0.15, -0.1) is 5.10 Å². The molecule has 0 aromatic carbocycles. The van der Waals surface area contributed by atoms with Crippen LogP contribution in [-0.2, 0) is 0 Å². The number of ether oxygens (including phenoxy) is 1. The highest BCUT2D eigenvalue weighted by molar-refractivity contribution is 7.80. The molecule has 3 N–H and O–H groups in total. The summed E-state index contributed by atoms with van der Waals surface area (Å²) in [4.78, 5) is 4.35. The van der Waals surface area contributed by atoms with Gasteiger partial charge >= 0.3 is 0 Å². The van der Waals surface area contributed by atoms with Crippen molar-refractivity contribution in [2.24, 2.45) is 5.73 Å². The molecular formula is C10H10N4OS. The van der Waals surface area contributed by atoms with Gasteiger partial charge in [0.25, 0.3) is 0 Å². The van der Waals surface area contributed by atoms with E-state index in [2.05, 4.69) is 15.2 Å². The summed E-state index contributed by atoms with van der Waals surface area (Å²) < 4.78 is 5.42. The molecule has 2 aromatic rings. The number of pyridine rings is 1. The molecule has 16 heavy (non-hydrogen) atoms. The van der Waals surface area contributed by atoms with Crippen molar-refractivity contribution in [3.63, 3.8) is 0 Å². The zero-order valence-electron chi connectivity index (χ0n) is 8.60. The lowest BCUT2D eigenvalue weighted by molar-refractivity contribution is 0.443. The van der Waals surface area contributed by atoms with Gasteiger partial charge in [-0.2, -0.15) is 0 Å². The van der Waals surface area contributed by atoms with Gasteiger partial charge < -0.3 is 10.5 Å². The van der Waals surface area contributed by atoms with Gasteiger partial charge in [-0.05, 0) is 13.0 Å². The summed E-state index contributed by atoms with van der Waals surface area (Å²) in [5.74, 6) is 0.877. The van der Waals surface area contributed by atoms with Gasteiger partial charge in [0, 0.05) is 29.6 Å². The minimum Gasteiger partial charge on any atom is -0.419 e. The Bertz CT molecular complexity index is 523. The first-order chi connectivity index (χ1) is 7.65. The molecular weight excluding hydrogens is 224 g/mol. The molecule has 0 bridgehead atoms. The van der Waals surface area contributed by atoms with Gasteiger partial charge in [0.1, 0.15) is 4.99 Å². The van der Waals surface area contributed by atoms with Crippen molar-refractivity contribution < 1.29 is 4.74 Å². The lowest BCUT2D eigenvalue weighted by atomic mass is 10.3. The quantitative estimate of drug-likeness (QED) is 0.788. The van der Waals surface area contributed by atoms with Crippen LogP contribution in [0.15, 0.2) is 24.4 Å². The number of thiocarbonyl (C=S) groups is 1. The van der Waals surface area contributed by atoms with Gasteiger partial charge in [0.15, 0.2) is 0 Å².